The molecular weight excluding hydrogens is 262 g/mol. The lowest BCUT2D eigenvalue weighted by molar-refractivity contribution is -0.137. The van der Waals surface area contributed by atoms with Gasteiger partial charge in [0.25, 0.3) is 0 Å². The number of carbonyl (C=O) groups is 1. The third-order valence-corrected chi connectivity index (χ3v) is 3.36. The molecule has 0 heterocycles. The summed E-state index contributed by atoms with van der Waals surface area (Å²) in [6.07, 6.45) is 0.898. The fourth-order valence-corrected chi connectivity index (χ4v) is 2.35. The van der Waals surface area contributed by atoms with Crippen LogP contribution in [0.3, 0.4) is 0 Å². The first-order chi connectivity index (χ1) is 10.2. The molecule has 0 aliphatic heterocycles. The average Bonchev–Trinajstić information content (AvgIpc) is 2.49. The van der Waals surface area contributed by atoms with Crippen LogP contribution in [0.4, 0.5) is 0 Å². The molecule has 0 aliphatic carbocycles. The van der Waals surface area contributed by atoms with Gasteiger partial charge in [-0.15, -0.1) is 0 Å². The second kappa shape index (κ2) is 8.22. The fraction of sp³-hybridized carbons (Fsp3) is 0.278. The zero-order valence-corrected chi connectivity index (χ0v) is 12.1. The van der Waals surface area contributed by atoms with Crippen molar-refractivity contribution in [2.45, 2.75) is 25.9 Å². The van der Waals surface area contributed by atoms with Crippen molar-refractivity contribution in [1.29, 1.82) is 0 Å². The van der Waals surface area contributed by atoms with E-state index in [9.17, 15) is 4.79 Å². The Morgan fingerprint density at radius 3 is 1.76 bits per heavy atom. The summed E-state index contributed by atoms with van der Waals surface area (Å²) in [6, 6.07) is 20.6. The summed E-state index contributed by atoms with van der Waals surface area (Å²) in [4.78, 5) is 13.0. The topological polar surface area (TPSA) is 40.5 Å². The predicted molar refractivity (Wildman–Crippen MR) is 83.9 cm³/mol. The monoisotopic (exact) mass is 283 g/mol. The van der Waals surface area contributed by atoms with Gasteiger partial charge < -0.3 is 5.11 Å². The highest BCUT2D eigenvalue weighted by atomic mass is 16.4. The van der Waals surface area contributed by atoms with E-state index in [-0.39, 0.29) is 6.42 Å². The van der Waals surface area contributed by atoms with Crippen LogP contribution in [-0.2, 0) is 17.9 Å². The highest BCUT2D eigenvalue weighted by Crippen LogP contribution is 2.11. The first kappa shape index (κ1) is 15.3. The minimum absolute atomic E-state index is 0.222. The van der Waals surface area contributed by atoms with Gasteiger partial charge in [0, 0.05) is 19.5 Å². The van der Waals surface area contributed by atoms with Crippen molar-refractivity contribution in [3.05, 3.63) is 71.8 Å². The van der Waals surface area contributed by atoms with Crippen molar-refractivity contribution < 1.29 is 9.90 Å². The number of benzene rings is 2. The van der Waals surface area contributed by atoms with Crippen LogP contribution in [0.25, 0.3) is 0 Å². The van der Waals surface area contributed by atoms with Gasteiger partial charge in [0.15, 0.2) is 0 Å². The molecule has 110 valence electrons. The van der Waals surface area contributed by atoms with Crippen LogP contribution in [0, 0.1) is 0 Å². The van der Waals surface area contributed by atoms with Crippen molar-refractivity contribution in [2.75, 3.05) is 6.54 Å². The lowest BCUT2D eigenvalue weighted by Gasteiger charge is -2.22. The van der Waals surface area contributed by atoms with Gasteiger partial charge in [-0.25, -0.2) is 0 Å². The highest BCUT2D eigenvalue weighted by molar-refractivity contribution is 5.66. The number of nitrogens with zero attached hydrogens (tertiary/aromatic N) is 1. The van der Waals surface area contributed by atoms with E-state index in [2.05, 4.69) is 29.2 Å². The smallest absolute Gasteiger partial charge is 0.303 e. The number of carboxylic acid groups (broad SMARTS) is 1. The molecule has 2 aromatic carbocycles. The molecule has 0 amide bonds. The Bertz CT molecular complexity index is 498. The van der Waals surface area contributed by atoms with Crippen LogP contribution in [0.5, 0.6) is 0 Å². The van der Waals surface area contributed by atoms with Gasteiger partial charge in [-0.2, -0.15) is 0 Å². The third kappa shape index (κ3) is 5.79. The summed E-state index contributed by atoms with van der Waals surface area (Å²) in [5.41, 5.74) is 2.51. The molecule has 1 N–H and O–H groups in total. The minimum atomic E-state index is -0.727. The Morgan fingerprint density at radius 2 is 1.33 bits per heavy atom. The number of hydrogen-bond donors (Lipinski definition) is 1. The molecule has 3 heteroatoms. The molecule has 2 aromatic rings. The standard InChI is InChI=1S/C18H21NO2/c20-18(21)12-7-13-19(14-16-8-3-1-4-9-16)15-17-10-5-2-6-11-17/h1-6,8-11H,7,12-15H2,(H,20,21). The largest absolute Gasteiger partial charge is 0.481 e. The van der Waals surface area contributed by atoms with Crippen molar-refractivity contribution in [3.63, 3.8) is 0 Å². The molecule has 0 saturated carbocycles. The number of aliphatic carboxylic acids is 1. The maximum absolute atomic E-state index is 10.7. The zero-order valence-electron chi connectivity index (χ0n) is 12.1. The van der Waals surface area contributed by atoms with Crippen LogP contribution in [0.15, 0.2) is 60.7 Å². The maximum Gasteiger partial charge on any atom is 0.303 e. The molecule has 0 radical (unpaired) electrons. The molecule has 0 saturated heterocycles. The van der Waals surface area contributed by atoms with Gasteiger partial charge in [-0.05, 0) is 24.1 Å². The molecule has 0 spiro atoms. The summed E-state index contributed by atoms with van der Waals surface area (Å²) in [7, 11) is 0. The molecule has 21 heavy (non-hydrogen) atoms. The second-order valence-electron chi connectivity index (χ2n) is 5.18. The van der Waals surface area contributed by atoms with E-state index in [1.54, 1.807) is 0 Å². The van der Waals surface area contributed by atoms with Crippen LogP contribution in [0.1, 0.15) is 24.0 Å². The summed E-state index contributed by atoms with van der Waals surface area (Å²) < 4.78 is 0. The van der Waals surface area contributed by atoms with Crippen molar-refractivity contribution >= 4 is 5.97 Å². The second-order valence-corrected chi connectivity index (χ2v) is 5.18. The Balaban J connectivity index is 1.97. The molecule has 0 bridgehead atoms. The molecular formula is C18H21NO2. The zero-order chi connectivity index (χ0) is 14.9. The quantitative estimate of drug-likeness (QED) is 0.805. The highest BCUT2D eigenvalue weighted by Gasteiger charge is 2.08. The Morgan fingerprint density at radius 1 is 0.857 bits per heavy atom. The van der Waals surface area contributed by atoms with E-state index >= 15 is 0 Å². The van der Waals surface area contributed by atoms with Crippen LogP contribution in [-0.4, -0.2) is 22.5 Å². The molecule has 0 aliphatic rings. The number of hydrogen-bond acceptors (Lipinski definition) is 2. The third-order valence-electron chi connectivity index (χ3n) is 3.36. The SMILES string of the molecule is O=C(O)CCCN(Cc1ccccc1)Cc1ccccc1. The Hall–Kier alpha value is -2.13. The minimum Gasteiger partial charge on any atom is -0.481 e. The summed E-state index contributed by atoms with van der Waals surface area (Å²) in [5, 5.41) is 8.79. The summed E-state index contributed by atoms with van der Waals surface area (Å²) in [5.74, 6) is -0.727. The lowest BCUT2D eigenvalue weighted by atomic mass is 10.1. The molecule has 0 aromatic heterocycles. The van der Waals surface area contributed by atoms with E-state index in [0.717, 1.165) is 19.6 Å². The van der Waals surface area contributed by atoms with Gasteiger partial charge in [-0.1, -0.05) is 60.7 Å². The molecule has 0 atom stereocenters. The number of carboxylic acids is 1. The maximum atomic E-state index is 10.7. The normalized spacial score (nSPS) is 10.7. The van der Waals surface area contributed by atoms with Crippen molar-refractivity contribution in [3.8, 4) is 0 Å². The Kier molecular flexibility index (Phi) is 5.98. The van der Waals surface area contributed by atoms with E-state index in [4.69, 9.17) is 5.11 Å². The van der Waals surface area contributed by atoms with E-state index in [1.807, 2.05) is 36.4 Å². The average molecular weight is 283 g/mol. The van der Waals surface area contributed by atoms with Crippen molar-refractivity contribution in [1.82, 2.24) is 4.90 Å². The first-order valence-corrected chi connectivity index (χ1v) is 7.26. The van der Waals surface area contributed by atoms with E-state index in [0.29, 0.717) is 6.42 Å². The van der Waals surface area contributed by atoms with Gasteiger partial charge >= 0.3 is 5.97 Å². The fourth-order valence-electron chi connectivity index (χ4n) is 2.35. The van der Waals surface area contributed by atoms with Gasteiger partial charge in [0.2, 0.25) is 0 Å². The summed E-state index contributed by atoms with van der Waals surface area (Å²) >= 11 is 0. The molecule has 3 nitrogen and oxygen atoms in total. The van der Waals surface area contributed by atoms with Gasteiger partial charge in [0.1, 0.15) is 0 Å². The van der Waals surface area contributed by atoms with Crippen LogP contribution < -0.4 is 0 Å². The van der Waals surface area contributed by atoms with Crippen LogP contribution >= 0.6 is 0 Å². The van der Waals surface area contributed by atoms with E-state index < -0.39 is 5.97 Å². The van der Waals surface area contributed by atoms with Crippen LogP contribution in [0.2, 0.25) is 0 Å². The van der Waals surface area contributed by atoms with Crippen molar-refractivity contribution in [2.24, 2.45) is 0 Å². The van der Waals surface area contributed by atoms with Gasteiger partial charge in [0.05, 0.1) is 0 Å². The first-order valence-electron chi connectivity index (χ1n) is 7.26. The molecule has 0 fully saturated rings. The Labute approximate surface area is 125 Å². The van der Waals surface area contributed by atoms with Gasteiger partial charge in [-0.3, -0.25) is 9.69 Å². The summed E-state index contributed by atoms with van der Waals surface area (Å²) in [6.45, 7) is 2.47. The predicted octanol–water partition coefficient (Wildman–Crippen LogP) is 3.55. The van der Waals surface area contributed by atoms with E-state index in [1.165, 1.54) is 11.1 Å². The number of rotatable bonds is 8. The lowest BCUT2D eigenvalue weighted by Crippen LogP contribution is -2.24. The molecule has 0 unspecified atom stereocenters. The molecule has 2 rings (SSSR count).